The second-order valence-electron chi connectivity index (χ2n) is 5.22. The number of nitrogens with zero attached hydrogens (tertiary/aromatic N) is 2. The molecule has 0 atom stereocenters. The minimum absolute atomic E-state index is 0.0757. The van der Waals surface area contributed by atoms with Gasteiger partial charge in [0.25, 0.3) is 0 Å². The number of fused-ring (bicyclic) bond motifs is 1. The van der Waals surface area contributed by atoms with E-state index in [9.17, 15) is 4.79 Å². The third-order valence-electron chi connectivity index (χ3n) is 3.55. The predicted octanol–water partition coefficient (Wildman–Crippen LogP) is 1.42. The molecule has 1 saturated carbocycles. The van der Waals surface area contributed by atoms with Gasteiger partial charge in [0.2, 0.25) is 5.91 Å². The molecule has 0 radical (unpaired) electrons. The van der Waals surface area contributed by atoms with Crippen LogP contribution in [-0.2, 0) is 17.9 Å². The third kappa shape index (κ3) is 2.82. The summed E-state index contributed by atoms with van der Waals surface area (Å²) in [5.74, 6) is 0.0757. The molecule has 0 spiro atoms. The fraction of sp³-hybridized carbons (Fsp3) is 0.467. The summed E-state index contributed by atoms with van der Waals surface area (Å²) in [6.07, 6.45) is 2.24. The lowest BCUT2D eigenvalue weighted by Crippen LogP contribution is -2.34. The number of amides is 1. The average molecular weight is 272 g/mol. The Labute approximate surface area is 118 Å². The molecule has 0 bridgehead atoms. The van der Waals surface area contributed by atoms with Crippen LogP contribution in [0.4, 0.5) is 0 Å². The van der Waals surface area contributed by atoms with Crippen LogP contribution in [-0.4, -0.2) is 28.3 Å². The lowest BCUT2D eigenvalue weighted by molar-refractivity contribution is -0.120. The smallest absolute Gasteiger partial charge is 0.234 e. The van der Waals surface area contributed by atoms with E-state index in [0.717, 1.165) is 36.0 Å². The fourth-order valence-electron chi connectivity index (χ4n) is 2.37. The van der Waals surface area contributed by atoms with E-state index in [2.05, 4.69) is 34.8 Å². The molecule has 5 nitrogen and oxygen atoms in total. The van der Waals surface area contributed by atoms with Crippen molar-refractivity contribution in [3.05, 3.63) is 30.0 Å². The monoisotopic (exact) mass is 272 g/mol. The summed E-state index contributed by atoms with van der Waals surface area (Å²) in [5.41, 5.74) is 2.15. The van der Waals surface area contributed by atoms with Gasteiger partial charge in [0.15, 0.2) is 0 Å². The summed E-state index contributed by atoms with van der Waals surface area (Å²) in [7, 11) is 0. The second kappa shape index (κ2) is 5.63. The third-order valence-corrected chi connectivity index (χ3v) is 3.55. The van der Waals surface area contributed by atoms with E-state index in [0.29, 0.717) is 19.1 Å². The molecule has 0 aliphatic heterocycles. The van der Waals surface area contributed by atoms with Crippen molar-refractivity contribution in [2.75, 3.05) is 6.54 Å². The topological polar surface area (TPSA) is 59.0 Å². The first-order valence-electron chi connectivity index (χ1n) is 7.22. The van der Waals surface area contributed by atoms with Crippen molar-refractivity contribution in [1.82, 2.24) is 20.4 Å². The Morgan fingerprint density at radius 1 is 1.40 bits per heavy atom. The number of aryl methyl sites for hydroxylation is 1. The molecule has 0 saturated heterocycles. The molecule has 2 N–H and O–H groups in total. The molecular formula is C15H20N4O. The minimum Gasteiger partial charge on any atom is -0.352 e. The zero-order chi connectivity index (χ0) is 13.9. The summed E-state index contributed by atoms with van der Waals surface area (Å²) < 4.78 is 2.00. The lowest BCUT2D eigenvalue weighted by Gasteiger charge is -2.04. The number of para-hydroxylation sites is 1. The molecule has 1 aromatic heterocycles. The van der Waals surface area contributed by atoms with Gasteiger partial charge in [-0.3, -0.25) is 9.48 Å². The van der Waals surface area contributed by atoms with Crippen molar-refractivity contribution in [1.29, 1.82) is 0 Å². The van der Waals surface area contributed by atoms with E-state index in [1.807, 2.05) is 16.8 Å². The minimum atomic E-state index is 0.0757. The Hall–Kier alpha value is -1.88. The maximum atomic E-state index is 11.6. The van der Waals surface area contributed by atoms with Crippen LogP contribution < -0.4 is 10.6 Å². The SMILES string of the molecule is CCn1nc(CNCC(=O)NC2CC2)c2ccccc21. The zero-order valence-corrected chi connectivity index (χ0v) is 11.7. The van der Waals surface area contributed by atoms with Gasteiger partial charge in [-0.1, -0.05) is 18.2 Å². The summed E-state index contributed by atoms with van der Waals surface area (Å²) in [6, 6.07) is 8.62. The van der Waals surface area contributed by atoms with E-state index in [-0.39, 0.29) is 5.91 Å². The van der Waals surface area contributed by atoms with Crippen molar-refractivity contribution in [3.63, 3.8) is 0 Å². The first-order valence-corrected chi connectivity index (χ1v) is 7.22. The van der Waals surface area contributed by atoms with Crippen LogP contribution in [0.2, 0.25) is 0 Å². The molecule has 106 valence electrons. The van der Waals surface area contributed by atoms with Crippen molar-refractivity contribution in [2.45, 2.75) is 38.9 Å². The van der Waals surface area contributed by atoms with E-state index in [1.54, 1.807) is 0 Å². The number of aromatic nitrogens is 2. The van der Waals surface area contributed by atoms with Crippen LogP contribution in [0.25, 0.3) is 10.9 Å². The molecule has 2 aromatic rings. The molecule has 1 fully saturated rings. The Morgan fingerprint density at radius 2 is 2.20 bits per heavy atom. The number of hydrogen-bond acceptors (Lipinski definition) is 3. The lowest BCUT2D eigenvalue weighted by atomic mass is 10.2. The molecule has 1 amide bonds. The second-order valence-corrected chi connectivity index (χ2v) is 5.22. The Balaban J connectivity index is 1.63. The number of nitrogens with one attached hydrogen (secondary N) is 2. The quantitative estimate of drug-likeness (QED) is 0.836. The van der Waals surface area contributed by atoms with Gasteiger partial charge < -0.3 is 10.6 Å². The van der Waals surface area contributed by atoms with E-state index < -0.39 is 0 Å². The van der Waals surface area contributed by atoms with Gasteiger partial charge in [-0.25, -0.2) is 0 Å². The summed E-state index contributed by atoms with van der Waals surface area (Å²) in [4.78, 5) is 11.6. The number of carbonyl (C=O) groups is 1. The number of hydrogen-bond donors (Lipinski definition) is 2. The first kappa shape index (κ1) is 13.1. The summed E-state index contributed by atoms with van der Waals surface area (Å²) in [6.45, 7) is 3.90. The van der Waals surface area contributed by atoms with E-state index in [1.165, 1.54) is 0 Å². The highest BCUT2D eigenvalue weighted by molar-refractivity contribution is 5.82. The largest absolute Gasteiger partial charge is 0.352 e. The standard InChI is InChI=1S/C15H20N4O/c1-2-19-14-6-4-3-5-12(14)13(18-19)9-16-10-15(20)17-11-7-8-11/h3-6,11,16H,2,7-10H2,1H3,(H,17,20). The van der Waals surface area contributed by atoms with Crippen molar-refractivity contribution < 1.29 is 4.79 Å². The Kier molecular flexibility index (Phi) is 3.69. The molecule has 1 aliphatic rings. The first-order chi connectivity index (χ1) is 9.78. The highest BCUT2D eigenvalue weighted by Crippen LogP contribution is 2.19. The van der Waals surface area contributed by atoms with Crippen LogP contribution in [0.5, 0.6) is 0 Å². The number of benzene rings is 1. The fourth-order valence-corrected chi connectivity index (χ4v) is 2.37. The van der Waals surface area contributed by atoms with Gasteiger partial charge in [-0.05, 0) is 25.8 Å². The van der Waals surface area contributed by atoms with Crippen molar-refractivity contribution in [2.24, 2.45) is 0 Å². The number of rotatable bonds is 6. The van der Waals surface area contributed by atoms with Crippen LogP contribution in [0.1, 0.15) is 25.5 Å². The maximum Gasteiger partial charge on any atom is 0.234 e. The Bertz CT molecular complexity index is 615. The molecular weight excluding hydrogens is 252 g/mol. The summed E-state index contributed by atoms with van der Waals surface area (Å²) >= 11 is 0. The van der Waals surface area contributed by atoms with Gasteiger partial charge >= 0.3 is 0 Å². The highest BCUT2D eigenvalue weighted by atomic mass is 16.2. The molecule has 5 heteroatoms. The van der Waals surface area contributed by atoms with Crippen LogP contribution in [0.3, 0.4) is 0 Å². The molecule has 1 aliphatic carbocycles. The molecule has 3 rings (SSSR count). The Morgan fingerprint density at radius 3 is 2.95 bits per heavy atom. The summed E-state index contributed by atoms with van der Waals surface area (Å²) in [5, 5.41) is 11.9. The van der Waals surface area contributed by atoms with E-state index >= 15 is 0 Å². The average Bonchev–Trinajstić information content (AvgIpc) is 3.19. The normalized spacial score (nSPS) is 14.7. The number of carbonyl (C=O) groups excluding carboxylic acids is 1. The van der Waals surface area contributed by atoms with Gasteiger partial charge in [-0.2, -0.15) is 5.10 Å². The maximum absolute atomic E-state index is 11.6. The van der Waals surface area contributed by atoms with Crippen LogP contribution in [0.15, 0.2) is 24.3 Å². The van der Waals surface area contributed by atoms with Gasteiger partial charge in [0.1, 0.15) is 0 Å². The van der Waals surface area contributed by atoms with Crippen LogP contribution in [0, 0.1) is 0 Å². The highest BCUT2D eigenvalue weighted by Gasteiger charge is 2.22. The van der Waals surface area contributed by atoms with Crippen molar-refractivity contribution in [3.8, 4) is 0 Å². The molecule has 0 unspecified atom stereocenters. The van der Waals surface area contributed by atoms with Crippen LogP contribution >= 0.6 is 0 Å². The molecule has 20 heavy (non-hydrogen) atoms. The van der Waals surface area contributed by atoms with Gasteiger partial charge in [-0.15, -0.1) is 0 Å². The predicted molar refractivity (Wildman–Crippen MR) is 78.3 cm³/mol. The zero-order valence-electron chi connectivity index (χ0n) is 11.7. The van der Waals surface area contributed by atoms with Crippen molar-refractivity contribution >= 4 is 16.8 Å². The van der Waals surface area contributed by atoms with E-state index in [4.69, 9.17) is 0 Å². The molecule has 1 aromatic carbocycles. The molecule has 1 heterocycles. The van der Waals surface area contributed by atoms with Gasteiger partial charge in [0.05, 0.1) is 17.8 Å². The van der Waals surface area contributed by atoms with Gasteiger partial charge in [0, 0.05) is 24.5 Å².